The summed E-state index contributed by atoms with van der Waals surface area (Å²) in [7, 11) is 1.47. The highest BCUT2D eigenvalue weighted by molar-refractivity contribution is 5.98. The van der Waals surface area contributed by atoms with E-state index >= 15 is 0 Å². The number of aryl methyl sites for hydroxylation is 1. The van der Waals surface area contributed by atoms with Crippen molar-refractivity contribution in [2.75, 3.05) is 13.7 Å². The Balaban J connectivity index is 2.26. The van der Waals surface area contributed by atoms with E-state index in [4.69, 9.17) is 9.26 Å². The van der Waals surface area contributed by atoms with Crippen LogP contribution in [0.5, 0.6) is 0 Å². The zero-order valence-electron chi connectivity index (χ0n) is 11.2. The highest BCUT2D eigenvalue weighted by Gasteiger charge is 2.23. The van der Waals surface area contributed by atoms with E-state index in [9.17, 15) is 9.59 Å². The van der Waals surface area contributed by atoms with Crippen LogP contribution < -0.4 is 5.32 Å². The molecule has 2 rings (SSSR count). The van der Waals surface area contributed by atoms with Gasteiger partial charge in [0, 0.05) is 12.6 Å². The summed E-state index contributed by atoms with van der Waals surface area (Å²) in [5, 5.41) is 6.25. The molecule has 0 spiro atoms. The number of hydrogen-bond acceptors (Lipinski definition) is 5. The third-order valence-corrected chi connectivity index (χ3v) is 2.73. The van der Waals surface area contributed by atoms with Crippen molar-refractivity contribution in [3.63, 3.8) is 0 Å². The van der Waals surface area contributed by atoms with Gasteiger partial charge in [-0.15, -0.1) is 0 Å². The summed E-state index contributed by atoms with van der Waals surface area (Å²) in [6, 6.07) is 9.15. The van der Waals surface area contributed by atoms with Gasteiger partial charge in [0.25, 0.3) is 5.91 Å². The topological polar surface area (TPSA) is 81.4 Å². The van der Waals surface area contributed by atoms with Crippen LogP contribution in [0.15, 0.2) is 34.9 Å². The molecular weight excluding hydrogens is 260 g/mol. The lowest BCUT2D eigenvalue weighted by Crippen LogP contribution is -2.25. The molecule has 20 heavy (non-hydrogen) atoms. The summed E-state index contributed by atoms with van der Waals surface area (Å²) >= 11 is 0. The van der Waals surface area contributed by atoms with Crippen LogP contribution in [0.2, 0.25) is 0 Å². The lowest BCUT2D eigenvalue weighted by atomic mass is 10.1. The summed E-state index contributed by atoms with van der Waals surface area (Å²) in [6.45, 7) is 1.28. The Morgan fingerprint density at radius 3 is 2.65 bits per heavy atom. The van der Waals surface area contributed by atoms with E-state index in [-0.39, 0.29) is 18.1 Å². The van der Waals surface area contributed by atoms with Gasteiger partial charge in [0.1, 0.15) is 17.0 Å². The molecule has 1 N–H and O–H groups in total. The summed E-state index contributed by atoms with van der Waals surface area (Å²) in [5.74, 6) is -0.661. The second-order valence-corrected chi connectivity index (χ2v) is 4.08. The van der Waals surface area contributed by atoms with Crippen molar-refractivity contribution in [1.29, 1.82) is 0 Å². The largest absolute Gasteiger partial charge is 0.452 e. The molecule has 0 saturated heterocycles. The van der Waals surface area contributed by atoms with Crippen LogP contribution in [0.1, 0.15) is 16.1 Å². The minimum Gasteiger partial charge on any atom is -0.452 e. The first kappa shape index (κ1) is 13.8. The van der Waals surface area contributed by atoms with Crippen molar-refractivity contribution in [3.05, 3.63) is 41.7 Å². The van der Waals surface area contributed by atoms with Crippen LogP contribution in [0.4, 0.5) is 0 Å². The van der Waals surface area contributed by atoms with Crippen LogP contribution in [-0.2, 0) is 9.53 Å². The van der Waals surface area contributed by atoms with Crippen molar-refractivity contribution in [1.82, 2.24) is 10.5 Å². The molecule has 6 heteroatoms. The number of hydrogen-bond donors (Lipinski definition) is 1. The van der Waals surface area contributed by atoms with E-state index in [2.05, 4.69) is 10.5 Å². The van der Waals surface area contributed by atoms with Crippen LogP contribution in [0, 0.1) is 6.92 Å². The van der Waals surface area contributed by atoms with Gasteiger partial charge in [-0.3, -0.25) is 4.79 Å². The number of aromatic nitrogens is 1. The monoisotopic (exact) mass is 274 g/mol. The fraction of sp³-hybridized carbons (Fsp3) is 0.214. The Bertz CT molecular complexity index is 619. The number of ether oxygens (including phenoxy) is 1. The Kier molecular flexibility index (Phi) is 4.14. The number of esters is 1. The standard InChI is InChI=1S/C14H14N2O4/c1-9-12(14(18)19-8-11(17)15-2)13(16-20-9)10-6-4-3-5-7-10/h3-7H,8H2,1-2H3,(H,15,17). The molecule has 1 heterocycles. The van der Waals surface area contributed by atoms with Gasteiger partial charge in [-0.05, 0) is 6.92 Å². The fourth-order valence-corrected chi connectivity index (χ4v) is 1.68. The number of rotatable bonds is 4. The van der Waals surface area contributed by atoms with E-state index in [1.807, 2.05) is 30.3 Å². The second-order valence-electron chi connectivity index (χ2n) is 4.08. The van der Waals surface area contributed by atoms with Crippen molar-refractivity contribution in [2.24, 2.45) is 0 Å². The molecule has 1 amide bonds. The first-order valence-corrected chi connectivity index (χ1v) is 6.03. The number of nitrogens with one attached hydrogen (secondary N) is 1. The molecular formula is C14H14N2O4. The number of amides is 1. The van der Waals surface area contributed by atoms with Gasteiger partial charge in [0.2, 0.25) is 0 Å². The highest BCUT2D eigenvalue weighted by Crippen LogP contribution is 2.25. The number of likely N-dealkylation sites (N-methyl/N-ethyl adjacent to an activating group) is 1. The highest BCUT2D eigenvalue weighted by atomic mass is 16.5. The van der Waals surface area contributed by atoms with Crippen molar-refractivity contribution in [2.45, 2.75) is 6.92 Å². The molecule has 0 aliphatic rings. The van der Waals surface area contributed by atoms with Gasteiger partial charge in [-0.2, -0.15) is 0 Å². The van der Waals surface area contributed by atoms with Crippen LogP contribution in [0.3, 0.4) is 0 Å². The Hall–Kier alpha value is -2.63. The third-order valence-electron chi connectivity index (χ3n) is 2.73. The minimum absolute atomic E-state index is 0.236. The van der Waals surface area contributed by atoms with E-state index in [0.29, 0.717) is 11.5 Å². The van der Waals surface area contributed by atoms with E-state index in [1.54, 1.807) is 6.92 Å². The second kappa shape index (κ2) is 6.01. The average Bonchev–Trinajstić information content (AvgIpc) is 2.87. The summed E-state index contributed by atoms with van der Waals surface area (Å²) in [4.78, 5) is 23.1. The molecule has 0 atom stereocenters. The smallest absolute Gasteiger partial charge is 0.344 e. The van der Waals surface area contributed by atoms with Crippen molar-refractivity contribution in [3.8, 4) is 11.3 Å². The molecule has 0 radical (unpaired) electrons. The molecule has 0 fully saturated rings. The number of nitrogens with zero attached hydrogens (tertiary/aromatic N) is 1. The Labute approximate surface area is 115 Å². The van der Waals surface area contributed by atoms with Gasteiger partial charge < -0.3 is 14.6 Å². The lowest BCUT2D eigenvalue weighted by molar-refractivity contribution is -0.123. The first-order chi connectivity index (χ1) is 9.63. The maximum atomic E-state index is 12.0. The van der Waals surface area contributed by atoms with Gasteiger partial charge in [-0.25, -0.2) is 4.79 Å². The van der Waals surface area contributed by atoms with Gasteiger partial charge in [0.05, 0.1) is 0 Å². The van der Waals surface area contributed by atoms with Gasteiger partial charge in [0.15, 0.2) is 6.61 Å². The Morgan fingerprint density at radius 2 is 2.00 bits per heavy atom. The quantitative estimate of drug-likeness (QED) is 0.855. The van der Waals surface area contributed by atoms with Crippen LogP contribution >= 0.6 is 0 Å². The summed E-state index contributed by atoms with van der Waals surface area (Å²) in [6.07, 6.45) is 0. The molecule has 0 saturated carbocycles. The molecule has 6 nitrogen and oxygen atoms in total. The van der Waals surface area contributed by atoms with Crippen LogP contribution in [0.25, 0.3) is 11.3 Å². The summed E-state index contributed by atoms with van der Waals surface area (Å²) < 4.78 is 9.98. The molecule has 0 unspecified atom stereocenters. The van der Waals surface area contributed by atoms with Crippen molar-refractivity contribution >= 4 is 11.9 Å². The molecule has 104 valence electrons. The summed E-state index contributed by atoms with van der Waals surface area (Å²) in [5.41, 5.74) is 1.39. The van der Waals surface area contributed by atoms with E-state index in [0.717, 1.165) is 5.56 Å². The fourth-order valence-electron chi connectivity index (χ4n) is 1.68. The molecule has 2 aromatic rings. The van der Waals surface area contributed by atoms with Crippen molar-refractivity contribution < 1.29 is 18.8 Å². The first-order valence-electron chi connectivity index (χ1n) is 6.03. The maximum absolute atomic E-state index is 12.0. The molecule has 0 aliphatic carbocycles. The normalized spacial score (nSPS) is 10.1. The zero-order chi connectivity index (χ0) is 14.5. The van der Waals surface area contributed by atoms with Gasteiger partial charge >= 0.3 is 5.97 Å². The predicted octanol–water partition coefficient (Wildman–Crippen LogP) is 1.55. The van der Waals surface area contributed by atoms with E-state index in [1.165, 1.54) is 7.05 Å². The van der Waals surface area contributed by atoms with Crippen LogP contribution in [-0.4, -0.2) is 30.7 Å². The SMILES string of the molecule is CNC(=O)COC(=O)c1c(-c2ccccc2)noc1C. The molecule has 1 aromatic heterocycles. The minimum atomic E-state index is -0.633. The number of benzene rings is 1. The zero-order valence-corrected chi connectivity index (χ0v) is 11.2. The third kappa shape index (κ3) is 2.85. The maximum Gasteiger partial charge on any atom is 0.344 e. The van der Waals surface area contributed by atoms with E-state index < -0.39 is 5.97 Å². The van der Waals surface area contributed by atoms with Gasteiger partial charge in [-0.1, -0.05) is 35.5 Å². The Morgan fingerprint density at radius 1 is 1.30 bits per heavy atom. The average molecular weight is 274 g/mol. The molecule has 1 aromatic carbocycles. The lowest BCUT2D eigenvalue weighted by Gasteiger charge is -2.04. The number of carbonyl (C=O) groups is 2. The number of carbonyl (C=O) groups excluding carboxylic acids is 2. The molecule has 0 aliphatic heterocycles. The molecule has 0 bridgehead atoms. The predicted molar refractivity (Wildman–Crippen MR) is 71.0 cm³/mol.